The lowest BCUT2D eigenvalue weighted by molar-refractivity contribution is 0.0601. The van der Waals surface area contributed by atoms with E-state index in [4.69, 9.17) is 11.6 Å². The van der Waals surface area contributed by atoms with Crippen LogP contribution in [0.1, 0.15) is 24.2 Å². The third-order valence-electron chi connectivity index (χ3n) is 2.07. The molecule has 17 heavy (non-hydrogen) atoms. The molecule has 0 aliphatic carbocycles. The first kappa shape index (κ1) is 13.5. The summed E-state index contributed by atoms with van der Waals surface area (Å²) in [5.41, 5.74) is 1.29. The maximum Gasteiger partial charge on any atom is 0.337 e. The van der Waals surface area contributed by atoms with Gasteiger partial charge in [-0.2, -0.15) is 0 Å². The number of methoxy groups -OCH3 is 1. The van der Waals surface area contributed by atoms with Gasteiger partial charge in [0.05, 0.1) is 23.2 Å². The molecule has 0 amide bonds. The average Bonchev–Trinajstić information content (AvgIpc) is 2.39. The third kappa shape index (κ3) is 3.17. The number of pyridine rings is 1. The summed E-state index contributed by atoms with van der Waals surface area (Å²) in [6.45, 7) is 4.00. The van der Waals surface area contributed by atoms with Crippen LogP contribution in [-0.4, -0.2) is 18.1 Å². The van der Waals surface area contributed by atoms with Gasteiger partial charge in [-0.15, -0.1) is 0 Å². The van der Waals surface area contributed by atoms with Gasteiger partial charge in [0.2, 0.25) is 0 Å². The van der Waals surface area contributed by atoms with Gasteiger partial charge in [-0.3, -0.25) is 4.98 Å². The number of hydrogen-bond donors (Lipinski definition) is 0. The highest BCUT2D eigenvalue weighted by molar-refractivity contribution is 6.31. The van der Waals surface area contributed by atoms with Crippen LogP contribution < -0.4 is 0 Å². The number of ether oxygens (including phenoxy) is 1. The molecule has 0 radical (unpaired) electrons. The first-order valence-electron chi connectivity index (χ1n) is 5.34. The molecule has 2 rings (SSSR count). The van der Waals surface area contributed by atoms with Crippen molar-refractivity contribution in [3.05, 3.63) is 41.0 Å². The van der Waals surface area contributed by atoms with Gasteiger partial charge in [-0.1, -0.05) is 25.4 Å². The van der Waals surface area contributed by atoms with E-state index in [1.54, 1.807) is 30.5 Å². The number of esters is 1. The van der Waals surface area contributed by atoms with Crippen molar-refractivity contribution in [3.8, 4) is 0 Å². The highest BCUT2D eigenvalue weighted by Crippen LogP contribution is 2.18. The number of carbonyl (C=O) groups excluding carboxylic acids is 1. The van der Waals surface area contributed by atoms with Crippen LogP contribution in [0.2, 0.25) is 5.02 Å². The summed E-state index contributed by atoms with van der Waals surface area (Å²) in [5, 5.41) is 1.37. The van der Waals surface area contributed by atoms with Gasteiger partial charge in [-0.25, -0.2) is 4.79 Å². The molecule has 0 N–H and O–H groups in total. The Hall–Kier alpha value is -1.61. The molecule has 3 nitrogen and oxygen atoms in total. The van der Waals surface area contributed by atoms with Crippen LogP contribution in [0.25, 0.3) is 10.9 Å². The van der Waals surface area contributed by atoms with E-state index < -0.39 is 0 Å². The number of benzene rings is 1. The number of fused-ring (bicyclic) bond motifs is 1. The minimum absolute atomic E-state index is 0.364. The molecule has 0 unspecified atom stereocenters. The van der Waals surface area contributed by atoms with Crippen molar-refractivity contribution in [3.63, 3.8) is 0 Å². The fraction of sp³-hybridized carbons (Fsp3) is 0.231. The van der Waals surface area contributed by atoms with Crippen molar-refractivity contribution < 1.29 is 9.53 Å². The SMILES string of the molecule is CC.COC(=O)c1ccc2ncc(Cl)cc2c1. The zero-order chi connectivity index (χ0) is 12.8. The van der Waals surface area contributed by atoms with Gasteiger partial charge in [-0.05, 0) is 24.3 Å². The minimum atomic E-state index is -0.364. The molecular formula is C13H14ClNO2. The predicted molar refractivity (Wildman–Crippen MR) is 69.4 cm³/mol. The Kier molecular flexibility index (Phi) is 4.91. The molecule has 0 aliphatic rings. The van der Waals surface area contributed by atoms with Gasteiger partial charge in [0.1, 0.15) is 0 Å². The van der Waals surface area contributed by atoms with E-state index in [-0.39, 0.29) is 5.97 Å². The Bertz CT molecular complexity index is 526. The van der Waals surface area contributed by atoms with Crippen molar-refractivity contribution in [2.75, 3.05) is 7.11 Å². The predicted octanol–water partition coefficient (Wildman–Crippen LogP) is 3.70. The van der Waals surface area contributed by atoms with Crippen molar-refractivity contribution in [1.29, 1.82) is 0 Å². The lowest BCUT2D eigenvalue weighted by Gasteiger charge is -2.01. The minimum Gasteiger partial charge on any atom is -0.465 e. The van der Waals surface area contributed by atoms with Crippen molar-refractivity contribution in [2.24, 2.45) is 0 Å². The average molecular weight is 252 g/mol. The van der Waals surface area contributed by atoms with Crippen LogP contribution in [0.5, 0.6) is 0 Å². The number of hydrogen-bond acceptors (Lipinski definition) is 3. The second-order valence-electron chi connectivity index (χ2n) is 3.05. The van der Waals surface area contributed by atoms with Gasteiger partial charge in [0.25, 0.3) is 0 Å². The molecule has 0 aliphatic heterocycles. The number of halogens is 1. The van der Waals surface area contributed by atoms with Gasteiger partial charge < -0.3 is 4.74 Å². The van der Waals surface area contributed by atoms with E-state index in [0.717, 1.165) is 10.9 Å². The number of aromatic nitrogens is 1. The third-order valence-corrected chi connectivity index (χ3v) is 2.28. The molecule has 0 atom stereocenters. The highest BCUT2D eigenvalue weighted by Gasteiger charge is 2.06. The first-order valence-corrected chi connectivity index (χ1v) is 5.72. The zero-order valence-corrected chi connectivity index (χ0v) is 10.8. The summed E-state index contributed by atoms with van der Waals surface area (Å²) in [5.74, 6) is -0.364. The highest BCUT2D eigenvalue weighted by atomic mass is 35.5. The first-order chi connectivity index (χ1) is 8.20. The lowest BCUT2D eigenvalue weighted by Crippen LogP contribution is -2.00. The Morgan fingerprint density at radius 1 is 1.29 bits per heavy atom. The van der Waals surface area contributed by atoms with Gasteiger partial charge in [0.15, 0.2) is 0 Å². The standard InChI is InChI=1S/C11H8ClNO2.C2H6/c1-15-11(14)7-2-3-10-8(4-7)5-9(12)6-13-10;1-2/h2-6H,1H3;1-2H3. The largest absolute Gasteiger partial charge is 0.465 e. The summed E-state index contributed by atoms with van der Waals surface area (Å²) in [6.07, 6.45) is 1.57. The van der Waals surface area contributed by atoms with Crippen LogP contribution in [-0.2, 0) is 4.74 Å². The Morgan fingerprint density at radius 3 is 2.65 bits per heavy atom. The summed E-state index contributed by atoms with van der Waals surface area (Å²) in [4.78, 5) is 15.4. The summed E-state index contributed by atoms with van der Waals surface area (Å²) >= 11 is 5.81. The van der Waals surface area contributed by atoms with Crippen LogP contribution in [0.3, 0.4) is 0 Å². The molecule has 4 heteroatoms. The monoisotopic (exact) mass is 251 g/mol. The molecule has 0 saturated heterocycles. The summed E-state index contributed by atoms with van der Waals surface area (Å²) < 4.78 is 4.62. The van der Waals surface area contributed by atoms with Crippen LogP contribution in [0.4, 0.5) is 0 Å². The molecule has 90 valence electrons. The fourth-order valence-electron chi connectivity index (χ4n) is 1.35. The Balaban J connectivity index is 0.000000686. The van der Waals surface area contributed by atoms with Gasteiger partial charge >= 0.3 is 5.97 Å². The fourth-order valence-corrected chi connectivity index (χ4v) is 1.52. The van der Waals surface area contributed by atoms with E-state index in [2.05, 4.69) is 9.72 Å². The van der Waals surface area contributed by atoms with E-state index in [9.17, 15) is 4.79 Å². The number of carbonyl (C=O) groups is 1. The normalized spacial score (nSPS) is 9.41. The summed E-state index contributed by atoms with van der Waals surface area (Å²) in [7, 11) is 1.35. The van der Waals surface area contributed by atoms with Crippen LogP contribution >= 0.6 is 11.6 Å². The number of nitrogens with zero attached hydrogens (tertiary/aromatic N) is 1. The van der Waals surface area contributed by atoms with E-state index in [1.165, 1.54) is 7.11 Å². The molecule has 1 aromatic heterocycles. The van der Waals surface area contributed by atoms with Crippen molar-refractivity contribution in [1.82, 2.24) is 4.98 Å². The van der Waals surface area contributed by atoms with E-state index in [1.807, 2.05) is 13.8 Å². The maximum atomic E-state index is 11.3. The second-order valence-corrected chi connectivity index (χ2v) is 3.49. The molecule has 2 aromatic rings. The summed E-state index contributed by atoms with van der Waals surface area (Å²) in [6, 6.07) is 6.91. The Morgan fingerprint density at radius 2 is 2.00 bits per heavy atom. The van der Waals surface area contributed by atoms with Crippen LogP contribution in [0, 0.1) is 0 Å². The van der Waals surface area contributed by atoms with E-state index >= 15 is 0 Å². The molecule has 1 aromatic carbocycles. The molecule has 0 fully saturated rings. The topological polar surface area (TPSA) is 39.2 Å². The molecule has 0 bridgehead atoms. The van der Waals surface area contributed by atoms with Crippen molar-refractivity contribution >= 4 is 28.5 Å². The van der Waals surface area contributed by atoms with Gasteiger partial charge in [0, 0.05) is 11.6 Å². The van der Waals surface area contributed by atoms with Crippen LogP contribution in [0.15, 0.2) is 30.5 Å². The van der Waals surface area contributed by atoms with Crippen molar-refractivity contribution in [2.45, 2.75) is 13.8 Å². The number of rotatable bonds is 1. The molecule has 0 saturated carbocycles. The Labute approximate surface area is 105 Å². The lowest BCUT2D eigenvalue weighted by atomic mass is 10.1. The molecule has 1 heterocycles. The zero-order valence-electron chi connectivity index (χ0n) is 10.0. The smallest absolute Gasteiger partial charge is 0.337 e. The quantitative estimate of drug-likeness (QED) is 0.726. The maximum absolute atomic E-state index is 11.3. The second kappa shape index (κ2) is 6.21. The molecule has 0 spiro atoms. The van der Waals surface area contributed by atoms with E-state index in [0.29, 0.717) is 10.6 Å². The molecular weight excluding hydrogens is 238 g/mol.